The van der Waals surface area contributed by atoms with Crippen LogP contribution in [0.5, 0.6) is 0 Å². The maximum Gasteiger partial charge on any atom is 0.416 e. The molecule has 28 heavy (non-hydrogen) atoms. The van der Waals surface area contributed by atoms with Crippen LogP contribution >= 0.6 is 0 Å². The van der Waals surface area contributed by atoms with E-state index >= 15 is 0 Å². The van der Waals surface area contributed by atoms with Crippen LogP contribution < -0.4 is 11.1 Å². The minimum Gasteiger partial charge on any atom is -0.368 e. The molecule has 0 saturated heterocycles. The van der Waals surface area contributed by atoms with Gasteiger partial charge in [-0.05, 0) is 36.8 Å². The molecule has 1 atom stereocenters. The number of rotatable bonds is 7. The second-order valence-electron chi connectivity index (χ2n) is 5.93. The number of sulfone groups is 1. The highest BCUT2D eigenvalue weighted by atomic mass is 32.2. The third-order valence-corrected chi connectivity index (χ3v) is 5.64. The molecule has 0 unspecified atom stereocenters. The zero-order chi connectivity index (χ0) is 20.9. The van der Waals surface area contributed by atoms with Gasteiger partial charge in [-0.25, -0.2) is 8.42 Å². The number of benzene rings is 2. The van der Waals surface area contributed by atoms with Crippen molar-refractivity contribution in [2.24, 2.45) is 5.73 Å². The first-order valence-electron chi connectivity index (χ1n) is 8.06. The Kier molecular flexibility index (Phi) is 6.45. The average Bonchev–Trinajstić information content (AvgIpc) is 2.65. The van der Waals surface area contributed by atoms with E-state index in [1.807, 2.05) is 0 Å². The molecule has 10 heteroatoms. The molecule has 0 spiro atoms. The van der Waals surface area contributed by atoms with Crippen LogP contribution in [0.15, 0.2) is 59.5 Å². The van der Waals surface area contributed by atoms with Gasteiger partial charge in [0, 0.05) is 5.56 Å². The summed E-state index contributed by atoms with van der Waals surface area (Å²) in [5.74, 6) is -2.44. The van der Waals surface area contributed by atoms with Crippen LogP contribution in [0.3, 0.4) is 0 Å². The molecule has 0 fully saturated rings. The fourth-order valence-electron chi connectivity index (χ4n) is 2.38. The summed E-state index contributed by atoms with van der Waals surface area (Å²) in [6.07, 6.45) is -4.96. The number of carbonyl (C=O) groups is 2. The van der Waals surface area contributed by atoms with Crippen LogP contribution in [0.1, 0.15) is 22.3 Å². The highest BCUT2D eigenvalue weighted by Crippen LogP contribution is 2.29. The Balaban J connectivity index is 2.11. The van der Waals surface area contributed by atoms with E-state index in [9.17, 15) is 31.2 Å². The molecule has 2 amide bonds. The van der Waals surface area contributed by atoms with E-state index in [1.165, 1.54) is 24.3 Å². The summed E-state index contributed by atoms with van der Waals surface area (Å²) >= 11 is 0. The summed E-state index contributed by atoms with van der Waals surface area (Å²) in [6.45, 7) is 0. The van der Waals surface area contributed by atoms with Gasteiger partial charge in [0.25, 0.3) is 5.91 Å². The molecule has 0 aliphatic rings. The lowest BCUT2D eigenvalue weighted by atomic mass is 10.1. The van der Waals surface area contributed by atoms with Gasteiger partial charge < -0.3 is 11.1 Å². The number of primary amides is 1. The van der Waals surface area contributed by atoms with Crippen molar-refractivity contribution in [1.29, 1.82) is 0 Å². The fraction of sp³-hybridized carbons (Fsp3) is 0.222. The summed E-state index contributed by atoms with van der Waals surface area (Å²) in [5, 5.41) is 2.19. The Morgan fingerprint density at radius 2 is 1.68 bits per heavy atom. The third kappa shape index (κ3) is 5.56. The van der Waals surface area contributed by atoms with Crippen molar-refractivity contribution < 1.29 is 31.2 Å². The molecule has 3 N–H and O–H groups in total. The monoisotopic (exact) mass is 414 g/mol. The smallest absolute Gasteiger partial charge is 0.368 e. The molecule has 0 aliphatic heterocycles. The Morgan fingerprint density at radius 3 is 2.25 bits per heavy atom. The maximum atomic E-state index is 12.8. The molecule has 0 radical (unpaired) electrons. The molecule has 0 saturated carbocycles. The number of nitrogens with two attached hydrogens (primary N) is 1. The number of hydrogen-bond acceptors (Lipinski definition) is 4. The van der Waals surface area contributed by atoms with E-state index in [4.69, 9.17) is 5.73 Å². The van der Waals surface area contributed by atoms with E-state index < -0.39 is 45.2 Å². The topological polar surface area (TPSA) is 106 Å². The van der Waals surface area contributed by atoms with Gasteiger partial charge >= 0.3 is 6.18 Å². The van der Waals surface area contributed by atoms with Crippen molar-refractivity contribution in [2.75, 3.05) is 5.75 Å². The first-order valence-corrected chi connectivity index (χ1v) is 9.71. The van der Waals surface area contributed by atoms with Crippen LogP contribution in [0.4, 0.5) is 13.2 Å². The summed E-state index contributed by atoms with van der Waals surface area (Å²) in [7, 11) is -3.72. The minimum absolute atomic E-state index is 0.0439. The van der Waals surface area contributed by atoms with Crippen molar-refractivity contribution in [2.45, 2.75) is 23.5 Å². The standard InChI is InChI=1S/C18H17F3N2O4S/c19-18(20,21)13-6-4-5-12(11-13)17(25)23-15(16(22)24)9-10-28(26,27)14-7-2-1-3-8-14/h1-8,11,15H,9-10H2,(H2,22,24)(H,23,25)/t15-/m0/s1. The van der Waals surface area contributed by atoms with Gasteiger partial charge in [-0.1, -0.05) is 24.3 Å². The van der Waals surface area contributed by atoms with Crippen LogP contribution in [-0.2, 0) is 20.8 Å². The summed E-state index contributed by atoms with van der Waals surface area (Å²) in [4.78, 5) is 23.8. The number of nitrogens with one attached hydrogen (secondary N) is 1. The zero-order valence-corrected chi connectivity index (χ0v) is 15.3. The van der Waals surface area contributed by atoms with Gasteiger partial charge in [-0.2, -0.15) is 13.2 Å². The van der Waals surface area contributed by atoms with Crippen LogP contribution in [-0.4, -0.2) is 32.0 Å². The maximum absolute atomic E-state index is 12.8. The lowest BCUT2D eigenvalue weighted by Crippen LogP contribution is -2.45. The Labute approximate surface area is 159 Å². The van der Waals surface area contributed by atoms with Gasteiger partial charge in [0.2, 0.25) is 5.91 Å². The average molecular weight is 414 g/mol. The van der Waals surface area contributed by atoms with Gasteiger partial charge in [0.15, 0.2) is 9.84 Å². The van der Waals surface area contributed by atoms with Gasteiger partial charge in [0.1, 0.15) is 6.04 Å². The molecule has 0 aromatic heterocycles. The van der Waals surface area contributed by atoms with Crippen LogP contribution in [0.25, 0.3) is 0 Å². The van der Waals surface area contributed by atoms with Crippen molar-refractivity contribution in [3.05, 3.63) is 65.7 Å². The number of alkyl halides is 3. The van der Waals surface area contributed by atoms with E-state index in [-0.39, 0.29) is 16.9 Å². The predicted octanol–water partition coefficient (Wildman–Crippen LogP) is 2.15. The molecule has 6 nitrogen and oxygen atoms in total. The lowest BCUT2D eigenvalue weighted by Gasteiger charge is -2.16. The molecule has 150 valence electrons. The van der Waals surface area contributed by atoms with Crippen LogP contribution in [0.2, 0.25) is 0 Å². The lowest BCUT2D eigenvalue weighted by molar-refractivity contribution is -0.137. The van der Waals surface area contributed by atoms with Crippen molar-refractivity contribution in [3.8, 4) is 0 Å². The number of amides is 2. The largest absolute Gasteiger partial charge is 0.416 e. The molecular formula is C18H17F3N2O4S. The molecule has 2 aromatic carbocycles. The highest BCUT2D eigenvalue weighted by molar-refractivity contribution is 7.91. The summed E-state index contributed by atoms with van der Waals surface area (Å²) in [5.41, 5.74) is 3.85. The van der Waals surface area contributed by atoms with Gasteiger partial charge in [0.05, 0.1) is 16.2 Å². The molecule has 0 bridgehead atoms. The minimum atomic E-state index is -4.64. The van der Waals surface area contributed by atoms with Crippen molar-refractivity contribution >= 4 is 21.7 Å². The number of hydrogen-bond donors (Lipinski definition) is 2. The van der Waals surface area contributed by atoms with Crippen molar-refractivity contribution in [3.63, 3.8) is 0 Å². The molecule has 0 heterocycles. The van der Waals surface area contributed by atoms with Gasteiger partial charge in [-0.3, -0.25) is 9.59 Å². The Hall–Kier alpha value is -2.88. The number of carbonyl (C=O) groups excluding carboxylic acids is 2. The summed E-state index contributed by atoms with van der Waals surface area (Å²) < 4.78 is 62.8. The molecule has 2 rings (SSSR count). The summed E-state index contributed by atoms with van der Waals surface area (Å²) in [6, 6.07) is 9.75. The first-order chi connectivity index (χ1) is 13.0. The zero-order valence-electron chi connectivity index (χ0n) is 14.4. The fourth-order valence-corrected chi connectivity index (χ4v) is 3.74. The molecule has 0 aliphatic carbocycles. The first kappa shape index (κ1) is 21.4. The third-order valence-electron chi connectivity index (χ3n) is 3.88. The van der Waals surface area contributed by atoms with Crippen LogP contribution in [0, 0.1) is 0 Å². The SMILES string of the molecule is NC(=O)[C@H](CCS(=O)(=O)c1ccccc1)NC(=O)c1cccc(C(F)(F)F)c1. The molecule has 2 aromatic rings. The Morgan fingerprint density at radius 1 is 1.04 bits per heavy atom. The molecular weight excluding hydrogens is 397 g/mol. The second kappa shape index (κ2) is 8.42. The normalized spacial score (nSPS) is 13.0. The second-order valence-corrected chi connectivity index (χ2v) is 8.04. The highest BCUT2D eigenvalue weighted by Gasteiger charge is 2.31. The van der Waals surface area contributed by atoms with E-state index in [1.54, 1.807) is 6.07 Å². The van der Waals surface area contributed by atoms with E-state index in [0.717, 1.165) is 18.2 Å². The van der Waals surface area contributed by atoms with E-state index in [0.29, 0.717) is 6.07 Å². The quantitative estimate of drug-likeness (QED) is 0.724. The van der Waals surface area contributed by atoms with E-state index in [2.05, 4.69) is 5.32 Å². The Bertz CT molecular complexity index is 960. The number of halogens is 3. The van der Waals surface area contributed by atoms with Crippen molar-refractivity contribution in [1.82, 2.24) is 5.32 Å². The van der Waals surface area contributed by atoms with Gasteiger partial charge in [-0.15, -0.1) is 0 Å². The predicted molar refractivity (Wildman–Crippen MR) is 95.0 cm³/mol.